The molecule has 0 aromatic heterocycles. The zero-order chi connectivity index (χ0) is 12.0. The first-order valence-electron chi connectivity index (χ1n) is 5.40. The molecule has 5 heteroatoms. The molecule has 96 valence electrons. The van der Waals surface area contributed by atoms with Crippen molar-refractivity contribution in [2.75, 3.05) is 6.54 Å². The van der Waals surface area contributed by atoms with Crippen LogP contribution in [0.2, 0.25) is 0 Å². The van der Waals surface area contributed by atoms with E-state index >= 15 is 0 Å². The number of hydrogen-bond acceptors (Lipinski definition) is 2. The minimum absolute atomic E-state index is 0. The molecule has 4 nitrogen and oxygen atoms in total. The maximum atomic E-state index is 11.0. The molecule has 0 saturated carbocycles. The van der Waals surface area contributed by atoms with Crippen molar-refractivity contribution >= 4 is 18.5 Å². The number of carboxylic acid groups (broad SMARTS) is 1. The summed E-state index contributed by atoms with van der Waals surface area (Å²) in [4.78, 5) is 12.4. The van der Waals surface area contributed by atoms with Crippen molar-refractivity contribution in [1.82, 2.24) is 4.90 Å². The SMILES string of the molecule is CCC(N)CN(Cc1ccccc1)C(=O)O.Cl. The lowest BCUT2D eigenvalue weighted by Gasteiger charge is -2.22. The second kappa shape index (κ2) is 7.92. The van der Waals surface area contributed by atoms with Gasteiger partial charge in [-0.1, -0.05) is 37.3 Å². The number of nitrogens with zero attached hydrogens (tertiary/aromatic N) is 1. The minimum Gasteiger partial charge on any atom is -0.465 e. The Balaban J connectivity index is 0.00000256. The van der Waals surface area contributed by atoms with Crippen LogP contribution < -0.4 is 5.73 Å². The van der Waals surface area contributed by atoms with Crippen LogP contribution in [0.5, 0.6) is 0 Å². The fourth-order valence-corrected chi connectivity index (χ4v) is 1.43. The molecule has 3 N–H and O–H groups in total. The van der Waals surface area contributed by atoms with Crippen molar-refractivity contribution in [2.45, 2.75) is 25.9 Å². The highest BCUT2D eigenvalue weighted by molar-refractivity contribution is 5.85. The van der Waals surface area contributed by atoms with Crippen LogP contribution in [0.1, 0.15) is 18.9 Å². The van der Waals surface area contributed by atoms with Gasteiger partial charge in [-0.3, -0.25) is 0 Å². The molecule has 1 rings (SSSR count). The van der Waals surface area contributed by atoms with Gasteiger partial charge in [0.05, 0.1) is 0 Å². The van der Waals surface area contributed by atoms with E-state index in [4.69, 9.17) is 10.8 Å². The summed E-state index contributed by atoms with van der Waals surface area (Å²) in [5, 5.41) is 9.05. The summed E-state index contributed by atoms with van der Waals surface area (Å²) in [5.41, 5.74) is 6.74. The smallest absolute Gasteiger partial charge is 0.407 e. The van der Waals surface area contributed by atoms with Gasteiger partial charge in [0.2, 0.25) is 0 Å². The predicted octanol–water partition coefficient (Wildman–Crippen LogP) is 2.33. The van der Waals surface area contributed by atoms with E-state index < -0.39 is 6.09 Å². The first-order chi connectivity index (χ1) is 7.63. The summed E-state index contributed by atoms with van der Waals surface area (Å²) in [5.74, 6) is 0. The fraction of sp³-hybridized carbons (Fsp3) is 0.417. The Labute approximate surface area is 108 Å². The molecule has 1 amide bonds. The molecule has 0 saturated heterocycles. The number of nitrogens with two attached hydrogens (primary N) is 1. The second-order valence-corrected chi connectivity index (χ2v) is 3.82. The standard InChI is InChI=1S/C12H18N2O2.ClH/c1-2-11(13)9-14(12(15)16)8-10-6-4-3-5-7-10;/h3-7,11H,2,8-9,13H2,1H3,(H,15,16);1H. The minimum atomic E-state index is -0.923. The van der Waals surface area contributed by atoms with E-state index in [0.717, 1.165) is 12.0 Å². The topological polar surface area (TPSA) is 66.6 Å². The number of hydrogen-bond donors (Lipinski definition) is 2. The highest BCUT2D eigenvalue weighted by atomic mass is 35.5. The van der Waals surface area contributed by atoms with E-state index in [1.165, 1.54) is 4.90 Å². The quantitative estimate of drug-likeness (QED) is 0.852. The lowest BCUT2D eigenvalue weighted by atomic mass is 10.2. The molecular formula is C12H19ClN2O2. The van der Waals surface area contributed by atoms with Crippen LogP contribution in [0.25, 0.3) is 0 Å². The van der Waals surface area contributed by atoms with E-state index in [1.54, 1.807) is 0 Å². The van der Waals surface area contributed by atoms with Crippen LogP contribution in [0.4, 0.5) is 4.79 Å². The van der Waals surface area contributed by atoms with Crippen molar-refractivity contribution in [3.63, 3.8) is 0 Å². The van der Waals surface area contributed by atoms with Gasteiger partial charge >= 0.3 is 6.09 Å². The Bertz CT molecular complexity index is 333. The van der Waals surface area contributed by atoms with E-state index in [-0.39, 0.29) is 18.4 Å². The molecule has 0 aliphatic carbocycles. The summed E-state index contributed by atoms with van der Waals surface area (Å²) >= 11 is 0. The fourth-order valence-electron chi connectivity index (χ4n) is 1.43. The molecule has 1 aromatic carbocycles. The number of rotatable bonds is 5. The third-order valence-electron chi connectivity index (χ3n) is 2.47. The molecule has 0 bridgehead atoms. The van der Waals surface area contributed by atoms with Gasteiger partial charge in [0.1, 0.15) is 0 Å². The molecule has 1 atom stereocenters. The maximum Gasteiger partial charge on any atom is 0.407 e. The lowest BCUT2D eigenvalue weighted by molar-refractivity contribution is 0.139. The van der Waals surface area contributed by atoms with Gasteiger partial charge in [-0.2, -0.15) is 0 Å². The van der Waals surface area contributed by atoms with Gasteiger partial charge in [-0.15, -0.1) is 12.4 Å². The van der Waals surface area contributed by atoms with Gasteiger partial charge < -0.3 is 15.7 Å². The van der Waals surface area contributed by atoms with Gasteiger partial charge in [0.25, 0.3) is 0 Å². The number of amides is 1. The Kier molecular flexibility index (Phi) is 7.34. The van der Waals surface area contributed by atoms with Gasteiger partial charge in [-0.25, -0.2) is 4.79 Å². The Hall–Kier alpha value is -1.26. The largest absolute Gasteiger partial charge is 0.465 e. The normalized spacial score (nSPS) is 11.4. The van der Waals surface area contributed by atoms with Crippen LogP contribution in [0, 0.1) is 0 Å². The molecule has 0 fully saturated rings. The van der Waals surface area contributed by atoms with Crippen molar-refractivity contribution in [3.05, 3.63) is 35.9 Å². The molecule has 0 spiro atoms. The van der Waals surface area contributed by atoms with Gasteiger partial charge in [0, 0.05) is 19.1 Å². The monoisotopic (exact) mass is 258 g/mol. The summed E-state index contributed by atoms with van der Waals surface area (Å²) in [6.07, 6.45) is -0.147. The number of halogens is 1. The van der Waals surface area contributed by atoms with E-state index in [2.05, 4.69) is 0 Å². The third kappa shape index (κ3) is 5.56. The zero-order valence-electron chi connectivity index (χ0n) is 9.87. The highest BCUT2D eigenvalue weighted by Gasteiger charge is 2.14. The summed E-state index contributed by atoms with van der Waals surface area (Å²) < 4.78 is 0. The first-order valence-corrected chi connectivity index (χ1v) is 5.40. The Morgan fingerprint density at radius 3 is 2.47 bits per heavy atom. The second-order valence-electron chi connectivity index (χ2n) is 3.82. The molecule has 1 unspecified atom stereocenters. The van der Waals surface area contributed by atoms with Crippen LogP contribution in [0.15, 0.2) is 30.3 Å². The zero-order valence-corrected chi connectivity index (χ0v) is 10.7. The molecular weight excluding hydrogens is 240 g/mol. The maximum absolute atomic E-state index is 11.0. The highest BCUT2D eigenvalue weighted by Crippen LogP contribution is 2.05. The number of benzene rings is 1. The van der Waals surface area contributed by atoms with Gasteiger partial charge in [0.15, 0.2) is 0 Å². The lowest BCUT2D eigenvalue weighted by Crippen LogP contribution is -2.39. The van der Waals surface area contributed by atoms with Crippen molar-refractivity contribution in [2.24, 2.45) is 5.73 Å². The molecule has 0 radical (unpaired) electrons. The molecule has 0 heterocycles. The molecule has 1 aromatic rings. The number of carbonyl (C=O) groups is 1. The van der Waals surface area contributed by atoms with Gasteiger partial charge in [-0.05, 0) is 12.0 Å². The molecule has 17 heavy (non-hydrogen) atoms. The van der Waals surface area contributed by atoms with Crippen LogP contribution >= 0.6 is 12.4 Å². The van der Waals surface area contributed by atoms with E-state index in [0.29, 0.717) is 13.1 Å². The molecule has 0 aliphatic rings. The first kappa shape index (κ1) is 15.7. The predicted molar refractivity (Wildman–Crippen MR) is 70.4 cm³/mol. The summed E-state index contributed by atoms with van der Waals surface area (Å²) in [6.45, 7) is 2.72. The van der Waals surface area contributed by atoms with Crippen LogP contribution in [-0.2, 0) is 6.54 Å². The van der Waals surface area contributed by atoms with Crippen molar-refractivity contribution in [1.29, 1.82) is 0 Å². The third-order valence-corrected chi connectivity index (χ3v) is 2.47. The Morgan fingerprint density at radius 2 is 2.00 bits per heavy atom. The molecule has 0 aliphatic heterocycles. The van der Waals surface area contributed by atoms with Crippen molar-refractivity contribution < 1.29 is 9.90 Å². The summed E-state index contributed by atoms with van der Waals surface area (Å²) in [7, 11) is 0. The average Bonchev–Trinajstić information content (AvgIpc) is 2.29. The average molecular weight is 259 g/mol. The van der Waals surface area contributed by atoms with Crippen molar-refractivity contribution in [3.8, 4) is 0 Å². The van der Waals surface area contributed by atoms with E-state index in [9.17, 15) is 4.79 Å². The Morgan fingerprint density at radius 1 is 1.41 bits per heavy atom. The van der Waals surface area contributed by atoms with Crippen LogP contribution in [-0.4, -0.2) is 28.7 Å². The summed E-state index contributed by atoms with van der Waals surface area (Å²) in [6, 6.07) is 9.43. The van der Waals surface area contributed by atoms with Crippen LogP contribution in [0.3, 0.4) is 0 Å². The van der Waals surface area contributed by atoms with E-state index in [1.807, 2.05) is 37.3 Å².